The summed E-state index contributed by atoms with van der Waals surface area (Å²) in [5, 5.41) is 13.6. The van der Waals surface area contributed by atoms with Crippen LogP contribution in [0.3, 0.4) is 0 Å². The molecule has 2 rings (SSSR count). The maximum Gasteiger partial charge on any atom is 0.326 e. The first-order chi connectivity index (χ1) is 12.8. The number of hydrogen-bond acceptors (Lipinski definition) is 7. The Kier molecular flexibility index (Phi) is 6.69. The van der Waals surface area contributed by atoms with Crippen molar-refractivity contribution < 1.29 is 28.8 Å². The van der Waals surface area contributed by atoms with Crippen molar-refractivity contribution in [2.75, 3.05) is 31.2 Å². The number of nitrogens with zero attached hydrogens (tertiary/aromatic N) is 2. The smallest absolute Gasteiger partial charge is 0.326 e. The highest BCUT2D eigenvalue weighted by molar-refractivity contribution is 6.01. The minimum Gasteiger partial charge on any atom is -0.482 e. The van der Waals surface area contributed by atoms with Gasteiger partial charge in [0.25, 0.3) is 17.5 Å². The predicted molar refractivity (Wildman–Crippen MR) is 94.4 cm³/mol. The second-order valence-electron chi connectivity index (χ2n) is 6.37. The van der Waals surface area contributed by atoms with E-state index in [1.165, 1.54) is 12.1 Å². The van der Waals surface area contributed by atoms with Crippen molar-refractivity contribution in [1.29, 1.82) is 0 Å². The molecule has 1 aromatic rings. The number of carbonyl (C=O) groups is 3. The van der Waals surface area contributed by atoms with E-state index in [-0.39, 0.29) is 23.7 Å². The molecule has 27 heavy (non-hydrogen) atoms. The number of nitro benzene ring substituents is 1. The highest BCUT2D eigenvalue weighted by Gasteiger charge is 2.29. The third-order valence-corrected chi connectivity index (χ3v) is 3.79. The van der Waals surface area contributed by atoms with E-state index in [1.807, 2.05) is 13.8 Å². The molecule has 0 saturated carbocycles. The van der Waals surface area contributed by atoms with E-state index in [0.717, 1.165) is 17.4 Å². The maximum absolute atomic E-state index is 12.1. The van der Waals surface area contributed by atoms with Crippen LogP contribution in [0.2, 0.25) is 0 Å². The van der Waals surface area contributed by atoms with Crippen molar-refractivity contribution >= 4 is 29.2 Å². The average molecular weight is 379 g/mol. The Morgan fingerprint density at radius 3 is 2.81 bits per heavy atom. The Morgan fingerprint density at radius 2 is 2.15 bits per heavy atom. The molecule has 10 heteroatoms. The quantitative estimate of drug-likeness (QED) is 0.406. The Labute approximate surface area is 155 Å². The summed E-state index contributed by atoms with van der Waals surface area (Å²) in [5.74, 6) is -1.10. The lowest BCUT2D eigenvalue weighted by Gasteiger charge is -2.28. The van der Waals surface area contributed by atoms with Crippen molar-refractivity contribution in [3.63, 3.8) is 0 Å². The maximum atomic E-state index is 12.1. The summed E-state index contributed by atoms with van der Waals surface area (Å²) in [6.45, 7) is 3.29. The molecule has 0 fully saturated rings. The van der Waals surface area contributed by atoms with Crippen LogP contribution in [0.15, 0.2) is 18.2 Å². The van der Waals surface area contributed by atoms with E-state index < -0.39 is 35.9 Å². The molecule has 1 aromatic carbocycles. The minimum absolute atomic E-state index is 0.110. The molecule has 0 saturated heterocycles. The van der Waals surface area contributed by atoms with Gasteiger partial charge >= 0.3 is 5.97 Å². The van der Waals surface area contributed by atoms with Crippen LogP contribution in [0.25, 0.3) is 0 Å². The average Bonchev–Trinajstić information content (AvgIpc) is 2.61. The Bertz CT molecular complexity index is 748. The van der Waals surface area contributed by atoms with Crippen LogP contribution in [0.4, 0.5) is 11.4 Å². The van der Waals surface area contributed by atoms with Crippen LogP contribution in [-0.4, -0.2) is 49.0 Å². The number of nitrogens with one attached hydrogen (secondary N) is 1. The monoisotopic (exact) mass is 379 g/mol. The van der Waals surface area contributed by atoms with Crippen molar-refractivity contribution in [2.24, 2.45) is 5.92 Å². The first kappa shape index (κ1) is 20.1. The van der Waals surface area contributed by atoms with E-state index >= 15 is 0 Å². The van der Waals surface area contributed by atoms with Crippen molar-refractivity contribution in [3.05, 3.63) is 28.3 Å². The number of ether oxygens (including phenoxy) is 2. The van der Waals surface area contributed by atoms with Gasteiger partial charge in [0.05, 0.1) is 10.6 Å². The Morgan fingerprint density at radius 1 is 1.41 bits per heavy atom. The zero-order valence-corrected chi connectivity index (χ0v) is 15.1. The van der Waals surface area contributed by atoms with Gasteiger partial charge < -0.3 is 14.8 Å². The third kappa shape index (κ3) is 5.66. The predicted octanol–water partition coefficient (Wildman–Crippen LogP) is 1.03. The second-order valence-corrected chi connectivity index (χ2v) is 6.37. The standard InChI is InChI=1S/C17H21N3O7/c1-11(2)5-6-18-15(21)9-27-17(23)8-19-13-7-12(20(24)25)3-4-14(13)26-10-16(19)22/h3-4,7,11H,5-6,8-10H2,1-2H3,(H,18,21). The summed E-state index contributed by atoms with van der Waals surface area (Å²) in [7, 11) is 0. The number of nitro groups is 1. The van der Waals surface area contributed by atoms with Crippen molar-refractivity contribution in [2.45, 2.75) is 20.3 Å². The van der Waals surface area contributed by atoms with Crippen LogP contribution in [0, 0.1) is 16.0 Å². The number of non-ortho nitro benzene ring substituents is 1. The molecule has 0 unspecified atom stereocenters. The lowest BCUT2D eigenvalue weighted by molar-refractivity contribution is -0.384. The Hall–Kier alpha value is -3.17. The fourth-order valence-electron chi connectivity index (χ4n) is 2.35. The van der Waals surface area contributed by atoms with Crippen LogP contribution in [0.1, 0.15) is 20.3 Å². The third-order valence-electron chi connectivity index (χ3n) is 3.79. The zero-order chi connectivity index (χ0) is 20.0. The van der Waals surface area contributed by atoms with E-state index in [4.69, 9.17) is 9.47 Å². The number of fused-ring (bicyclic) bond motifs is 1. The van der Waals surface area contributed by atoms with Gasteiger partial charge in [0, 0.05) is 18.7 Å². The molecule has 2 amide bonds. The fraction of sp³-hybridized carbons (Fsp3) is 0.471. The number of anilines is 1. The largest absolute Gasteiger partial charge is 0.482 e. The molecule has 1 N–H and O–H groups in total. The molecule has 0 aliphatic carbocycles. The number of amides is 2. The number of carbonyl (C=O) groups excluding carboxylic acids is 3. The summed E-state index contributed by atoms with van der Waals surface area (Å²) >= 11 is 0. The first-order valence-corrected chi connectivity index (χ1v) is 8.42. The van der Waals surface area contributed by atoms with Gasteiger partial charge in [0.1, 0.15) is 12.3 Å². The van der Waals surface area contributed by atoms with E-state index in [0.29, 0.717) is 12.5 Å². The number of rotatable bonds is 8. The molecule has 0 spiro atoms. The van der Waals surface area contributed by atoms with E-state index in [1.54, 1.807) is 0 Å². The molecule has 0 atom stereocenters. The number of esters is 1. The molecular formula is C17H21N3O7. The second kappa shape index (κ2) is 8.97. The summed E-state index contributed by atoms with van der Waals surface area (Å²) in [6.07, 6.45) is 0.803. The van der Waals surface area contributed by atoms with Crippen LogP contribution in [-0.2, 0) is 19.1 Å². The van der Waals surface area contributed by atoms with Crippen molar-refractivity contribution in [1.82, 2.24) is 5.32 Å². The zero-order valence-electron chi connectivity index (χ0n) is 15.1. The van der Waals surface area contributed by atoms with Gasteiger partial charge in [0.2, 0.25) is 0 Å². The van der Waals surface area contributed by atoms with Gasteiger partial charge in [-0.3, -0.25) is 29.4 Å². The number of benzene rings is 1. The molecular weight excluding hydrogens is 358 g/mol. The highest BCUT2D eigenvalue weighted by Crippen LogP contribution is 2.35. The van der Waals surface area contributed by atoms with E-state index in [2.05, 4.69) is 5.32 Å². The fourth-order valence-corrected chi connectivity index (χ4v) is 2.35. The number of hydrogen-bond donors (Lipinski definition) is 1. The van der Waals surface area contributed by atoms with Gasteiger partial charge in [-0.2, -0.15) is 0 Å². The van der Waals surface area contributed by atoms with Gasteiger partial charge in [-0.1, -0.05) is 13.8 Å². The molecule has 10 nitrogen and oxygen atoms in total. The van der Waals surface area contributed by atoms with Crippen molar-refractivity contribution in [3.8, 4) is 5.75 Å². The van der Waals surface area contributed by atoms with Gasteiger partial charge in [-0.25, -0.2) is 0 Å². The normalized spacial score (nSPS) is 13.0. The molecule has 0 aromatic heterocycles. The molecule has 1 heterocycles. The molecule has 146 valence electrons. The summed E-state index contributed by atoms with van der Waals surface area (Å²) in [6, 6.07) is 3.76. The summed E-state index contributed by atoms with van der Waals surface area (Å²) < 4.78 is 10.1. The molecule has 1 aliphatic rings. The topological polar surface area (TPSA) is 128 Å². The molecule has 0 radical (unpaired) electrons. The highest BCUT2D eigenvalue weighted by atomic mass is 16.6. The van der Waals surface area contributed by atoms with Gasteiger partial charge in [0.15, 0.2) is 13.2 Å². The molecule has 0 bridgehead atoms. The van der Waals surface area contributed by atoms with Crippen LogP contribution >= 0.6 is 0 Å². The van der Waals surface area contributed by atoms with Crippen LogP contribution < -0.4 is 15.0 Å². The first-order valence-electron chi connectivity index (χ1n) is 8.42. The molecule has 1 aliphatic heterocycles. The lowest BCUT2D eigenvalue weighted by atomic mass is 10.1. The van der Waals surface area contributed by atoms with E-state index in [9.17, 15) is 24.5 Å². The SMILES string of the molecule is CC(C)CCNC(=O)COC(=O)CN1C(=O)COc2ccc([N+](=O)[O-])cc21. The van der Waals surface area contributed by atoms with Gasteiger partial charge in [-0.05, 0) is 18.4 Å². The Balaban J connectivity index is 1.95. The summed E-state index contributed by atoms with van der Waals surface area (Å²) in [5.41, 5.74) is -0.131. The summed E-state index contributed by atoms with van der Waals surface area (Å²) in [4.78, 5) is 47.1. The minimum atomic E-state index is -0.804. The lowest BCUT2D eigenvalue weighted by Crippen LogP contribution is -2.43. The van der Waals surface area contributed by atoms with Crippen LogP contribution in [0.5, 0.6) is 5.75 Å². The van der Waals surface area contributed by atoms with Gasteiger partial charge in [-0.15, -0.1) is 0 Å².